The Kier molecular flexibility index (Phi) is 9.42. The maximum Gasteiger partial charge on any atom is 0.224 e. The molecular formula is C16H21Cl2N3O. The van der Waals surface area contributed by atoms with Crippen LogP contribution in [0.25, 0.3) is 0 Å². The van der Waals surface area contributed by atoms with E-state index < -0.39 is 0 Å². The van der Waals surface area contributed by atoms with Crippen LogP contribution in [0.1, 0.15) is 24.2 Å². The molecule has 0 saturated carbocycles. The largest absolute Gasteiger partial charge is 0.343 e. The molecule has 0 aliphatic rings. The van der Waals surface area contributed by atoms with Gasteiger partial charge in [0.15, 0.2) is 0 Å². The van der Waals surface area contributed by atoms with E-state index in [0.29, 0.717) is 6.54 Å². The number of hydrogen-bond acceptors (Lipinski definition) is 3. The smallest absolute Gasteiger partial charge is 0.224 e. The van der Waals surface area contributed by atoms with Crippen molar-refractivity contribution in [2.24, 2.45) is 11.7 Å². The van der Waals surface area contributed by atoms with Crippen LogP contribution < -0.4 is 11.1 Å². The van der Waals surface area contributed by atoms with Crippen molar-refractivity contribution in [2.75, 3.05) is 6.54 Å². The molecule has 1 amide bonds. The molecule has 22 heavy (non-hydrogen) atoms. The van der Waals surface area contributed by atoms with Gasteiger partial charge in [-0.05, 0) is 17.7 Å². The lowest BCUT2D eigenvalue weighted by Crippen LogP contribution is -2.36. The molecule has 1 aromatic heterocycles. The molecule has 1 aromatic carbocycles. The summed E-state index contributed by atoms with van der Waals surface area (Å²) >= 11 is 0. The number of aromatic nitrogens is 1. The SMILES string of the molecule is CC(CN)C(=O)NC(c1ccccc1)c1ccccn1.Cl.Cl. The summed E-state index contributed by atoms with van der Waals surface area (Å²) in [5, 5.41) is 3.02. The number of carbonyl (C=O) groups is 1. The van der Waals surface area contributed by atoms with Gasteiger partial charge in [0, 0.05) is 18.7 Å². The Balaban J connectivity index is 0.00000220. The molecule has 2 aromatic rings. The molecule has 2 atom stereocenters. The predicted molar refractivity (Wildman–Crippen MR) is 93.4 cm³/mol. The lowest BCUT2D eigenvalue weighted by molar-refractivity contribution is -0.124. The molecule has 2 rings (SSSR count). The van der Waals surface area contributed by atoms with E-state index in [4.69, 9.17) is 5.73 Å². The van der Waals surface area contributed by atoms with E-state index in [-0.39, 0.29) is 42.7 Å². The van der Waals surface area contributed by atoms with E-state index in [0.717, 1.165) is 11.3 Å². The van der Waals surface area contributed by atoms with Crippen molar-refractivity contribution < 1.29 is 4.79 Å². The van der Waals surface area contributed by atoms with Gasteiger partial charge in [0.2, 0.25) is 5.91 Å². The van der Waals surface area contributed by atoms with Crippen LogP contribution in [0, 0.1) is 5.92 Å². The second-order valence-corrected chi connectivity index (χ2v) is 4.74. The molecule has 0 fully saturated rings. The minimum absolute atomic E-state index is 0. The highest BCUT2D eigenvalue weighted by Crippen LogP contribution is 2.20. The van der Waals surface area contributed by atoms with Crippen molar-refractivity contribution in [1.29, 1.82) is 0 Å². The van der Waals surface area contributed by atoms with E-state index in [1.807, 2.05) is 55.5 Å². The van der Waals surface area contributed by atoms with Crippen molar-refractivity contribution in [1.82, 2.24) is 10.3 Å². The molecule has 1 heterocycles. The van der Waals surface area contributed by atoms with Gasteiger partial charge in [0.25, 0.3) is 0 Å². The highest BCUT2D eigenvalue weighted by Gasteiger charge is 2.20. The summed E-state index contributed by atoms with van der Waals surface area (Å²) in [6.07, 6.45) is 1.73. The summed E-state index contributed by atoms with van der Waals surface area (Å²) in [6, 6.07) is 15.2. The van der Waals surface area contributed by atoms with Crippen LogP contribution in [0.5, 0.6) is 0 Å². The topological polar surface area (TPSA) is 68.0 Å². The highest BCUT2D eigenvalue weighted by atomic mass is 35.5. The summed E-state index contributed by atoms with van der Waals surface area (Å²) < 4.78 is 0. The van der Waals surface area contributed by atoms with Crippen LogP contribution >= 0.6 is 24.8 Å². The van der Waals surface area contributed by atoms with Crippen LogP contribution in [0.3, 0.4) is 0 Å². The second kappa shape index (κ2) is 10.2. The van der Waals surface area contributed by atoms with Crippen LogP contribution in [-0.2, 0) is 4.79 Å². The third-order valence-corrected chi connectivity index (χ3v) is 3.20. The standard InChI is InChI=1S/C16H19N3O.2ClH/c1-12(11-17)16(20)19-15(13-7-3-2-4-8-13)14-9-5-6-10-18-14;;/h2-10,12,15H,11,17H2,1H3,(H,19,20);2*1H. The molecule has 0 spiro atoms. The monoisotopic (exact) mass is 341 g/mol. The van der Waals surface area contributed by atoms with Gasteiger partial charge < -0.3 is 11.1 Å². The van der Waals surface area contributed by atoms with Gasteiger partial charge >= 0.3 is 0 Å². The number of hydrogen-bond donors (Lipinski definition) is 2. The first-order valence-corrected chi connectivity index (χ1v) is 6.68. The van der Waals surface area contributed by atoms with Crippen LogP contribution in [0.15, 0.2) is 54.7 Å². The minimum atomic E-state index is -0.251. The van der Waals surface area contributed by atoms with Crippen molar-refractivity contribution in [2.45, 2.75) is 13.0 Å². The van der Waals surface area contributed by atoms with Crippen molar-refractivity contribution in [3.05, 3.63) is 66.0 Å². The first-order valence-electron chi connectivity index (χ1n) is 6.68. The van der Waals surface area contributed by atoms with Gasteiger partial charge in [-0.25, -0.2) is 0 Å². The average Bonchev–Trinajstić information content (AvgIpc) is 2.53. The van der Waals surface area contributed by atoms with Gasteiger partial charge in [0.1, 0.15) is 0 Å². The molecule has 0 bridgehead atoms. The molecule has 120 valence electrons. The third kappa shape index (κ3) is 5.30. The normalized spacial score (nSPS) is 12.3. The third-order valence-electron chi connectivity index (χ3n) is 3.20. The summed E-state index contributed by atoms with van der Waals surface area (Å²) in [6.45, 7) is 2.14. The Hall–Kier alpha value is -1.62. The molecule has 0 aliphatic heterocycles. The molecule has 4 nitrogen and oxygen atoms in total. The number of pyridine rings is 1. The first-order chi connectivity index (χ1) is 9.72. The van der Waals surface area contributed by atoms with Crippen LogP contribution in [0.4, 0.5) is 0 Å². The summed E-state index contributed by atoms with van der Waals surface area (Å²) in [5.74, 6) is -0.281. The van der Waals surface area contributed by atoms with E-state index in [2.05, 4.69) is 10.3 Å². The van der Waals surface area contributed by atoms with E-state index in [1.165, 1.54) is 0 Å². The fourth-order valence-electron chi connectivity index (χ4n) is 1.91. The maximum absolute atomic E-state index is 12.1. The molecule has 0 aliphatic carbocycles. The van der Waals surface area contributed by atoms with Gasteiger partial charge in [-0.15, -0.1) is 24.8 Å². The molecule has 0 saturated heterocycles. The zero-order valence-corrected chi connectivity index (χ0v) is 13.9. The number of nitrogens with zero attached hydrogens (tertiary/aromatic N) is 1. The predicted octanol–water partition coefficient (Wildman–Crippen LogP) is 2.73. The Morgan fingerprint density at radius 2 is 1.77 bits per heavy atom. The molecule has 2 unspecified atom stereocenters. The number of amides is 1. The number of benzene rings is 1. The fourth-order valence-corrected chi connectivity index (χ4v) is 1.91. The van der Waals surface area contributed by atoms with Gasteiger partial charge in [-0.3, -0.25) is 9.78 Å². The van der Waals surface area contributed by atoms with E-state index >= 15 is 0 Å². The van der Waals surface area contributed by atoms with Crippen LogP contribution in [0.2, 0.25) is 0 Å². The molecule has 6 heteroatoms. The molecular weight excluding hydrogens is 321 g/mol. The number of rotatable bonds is 5. The summed E-state index contributed by atoms with van der Waals surface area (Å²) in [5.41, 5.74) is 7.37. The zero-order chi connectivity index (χ0) is 14.4. The first kappa shape index (κ1) is 20.4. The lowest BCUT2D eigenvalue weighted by Gasteiger charge is -2.20. The Labute approximate surface area is 143 Å². The Bertz CT molecular complexity index is 512. The number of carbonyl (C=O) groups excluding carboxylic acids is 1. The highest BCUT2D eigenvalue weighted by molar-refractivity contribution is 5.85. The fraction of sp³-hybridized carbons (Fsp3) is 0.250. The number of halogens is 2. The van der Waals surface area contributed by atoms with Crippen LogP contribution in [-0.4, -0.2) is 17.4 Å². The van der Waals surface area contributed by atoms with Gasteiger partial charge in [0.05, 0.1) is 11.7 Å². The van der Waals surface area contributed by atoms with Crippen molar-refractivity contribution in [3.8, 4) is 0 Å². The number of nitrogens with one attached hydrogen (secondary N) is 1. The van der Waals surface area contributed by atoms with E-state index in [9.17, 15) is 4.79 Å². The van der Waals surface area contributed by atoms with Crippen molar-refractivity contribution >= 4 is 30.7 Å². The average molecular weight is 342 g/mol. The quantitative estimate of drug-likeness (QED) is 0.878. The molecule has 0 radical (unpaired) electrons. The van der Waals surface area contributed by atoms with Crippen molar-refractivity contribution in [3.63, 3.8) is 0 Å². The van der Waals surface area contributed by atoms with E-state index in [1.54, 1.807) is 6.20 Å². The summed E-state index contributed by atoms with van der Waals surface area (Å²) in [4.78, 5) is 16.5. The zero-order valence-electron chi connectivity index (χ0n) is 12.3. The molecule has 3 N–H and O–H groups in total. The summed E-state index contributed by atoms with van der Waals surface area (Å²) in [7, 11) is 0. The van der Waals surface area contributed by atoms with Gasteiger partial charge in [-0.2, -0.15) is 0 Å². The Morgan fingerprint density at radius 3 is 2.32 bits per heavy atom. The maximum atomic E-state index is 12.1. The second-order valence-electron chi connectivity index (χ2n) is 4.74. The minimum Gasteiger partial charge on any atom is -0.343 e. The lowest BCUT2D eigenvalue weighted by atomic mass is 10.0. The van der Waals surface area contributed by atoms with Gasteiger partial charge in [-0.1, -0.05) is 43.3 Å². The Morgan fingerprint density at radius 1 is 1.14 bits per heavy atom. The number of nitrogens with two attached hydrogens (primary N) is 1.